The molecule has 0 amide bonds. The van der Waals surface area contributed by atoms with Gasteiger partial charge in [0.2, 0.25) is 0 Å². The van der Waals surface area contributed by atoms with E-state index < -0.39 is 52.9 Å². The van der Waals surface area contributed by atoms with Crippen LogP contribution >= 0.6 is 0 Å². The second-order valence-electron chi connectivity index (χ2n) is 9.56. The Morgan fingerprint density at radius 2 is 1.45 bits per heavy atom. The Morgan fingerprint density at radius 1 is 0.833 bits per heavy atom. The van der Waals surface area contributed by atoms with E-state index in [1.165, 1.54) is 12.1 Å². The van der Waals surface area contributed by atoms with Gasteiger partial charge >= 0.3 is 12.3 Å². The number of rotatable bonds is 10. The fraction of sp³-hybridized carbons (Fsp3) is 0.333. The molecule has 1 fully saturated rings. The van der Waals surface area contributed by atoms with Crippen LogP contribution in [0.2, 0.25) is 0 Å². The Labute approximate surface area is 236 Å². The highest BCUT2D eigenvalue weighted by Gasteiger charge is 2.42. The summed E-state index contributed by atoms with van der Waals surface area (Å²) in [7, 11) is 0. The third-order valence-electron chi connectivity index (χ3n) is 6.39. The monoisotopic (exact) mass is 602 g/mol. The minimum Gasteiger partial charge on any atom is -0.489 e. The van der Waals surface area contributed by atoms with Crippen molar-refractivity contribution in [2.24, 2.45) is 5.92 Å². The molecule has 0 atom stereocenters. The van der Waals surface area contributed by atoms with Crippen molar-refractivity contribution in [2.45, 2.75) is 44.9 Å². The number of benzene rings is 3. The lowest BCUT2D eigenvalue weighted by Crippen LogP contribution is -2.28. The first-order chi connectivity index (χ1) is 19.9. The number of halogens is 8. The topological polar surface area (TPSA) is 36.9 Å². The molecule has 226 valence electrons. The van der Waals surface area contributed by atoms with Gasteiger partial charge in [0, 0.05) is 11.5 Å². The molecule has 1 aliphatic heterocycles. The molecule has 4 rings (SSSR count). The molecule has 0 radical (unpaired) electrons. The number of alkyl halides is 5. The maximum atomic E-state index is 14.8. The predicted molar refractivity (Wildman–Crippen MR) is 135 cm³/mol. The summed E-state index contributed by atoms with van der Waals surface area (Å²) in [4.78, 5) is 0. The minimum atomic E-state index is -4.84. The maximum absolute atomic E-state index is 14.8. The van der Waals surface area contributed by atoms with Gasteiger partial charge in [0.05, 0.1) is 18.8 Å². The summed E-state index contributed by atoms with van der Waals surface area (Å²) in [5.41, 5.74) is -3.02. The van der Waals surface area contributed by atoms with Crippen molar-refractivity contribution in [3.8, 4) is 11.5 Å². The van der Waals surface area contributed by atoms with Gasteiger partial charge in [0.25, 0.3) is 0 Å². The molecule has 42 heavy (non-hydrogen) atoms. The highest BCUT2D eigenvalue weighted by atomic mass is 19.4. The highest BCUT2D eigenvalue weighted by molar-refractivity contribution is 5.34. The highest BCUT2D eigenvalue weighted by Crippen LogP contribution is 2.38. The molecule has 12 heteroatoms. The van der Waals surface area contributed by atoms with Gasteiger partial charge in [-0.15, -0.1) is 0 Å². The SMILES string of the molecule is C/C=C/CCC1COC(c2cc(F)c(C(F)(F)Oc3ccc(OCc4ccc(C(F)(F)F)c(F)c4)cc3)c(F)c2)OC1. The summed E-state index contributed by atoms with van der Waals surface area (Å²) >= 11 is 0. The van der Waals surface area contributed by atoms with Crippen LogP contribution < -0.4 is 9.47 Å². The van der Waals surface area contributed by atoms with Gasteiger partial charge in [-0.25, -0.2) is 13.2 Å². The van der Waals surface area contributed by atoms with Gasteiger partial charge in [0.15, 0.2) is 6.29 Å². The standard InChI is InChI=1S/C30H26F8O4/c1-2-3-4-5-19-16-40-28(41-17-19)20-13-25(32)27(26(33)14-20)30(37,38)42-22-9-7-21(8-10-22)39-15-18-6-11-23(24(31)12-18)29(34,35)36/h2-3,6-14,19,28H,4-5,15-17H2,1H3/b3-2+. The summed E-state index contributed by atoms with van der Waals surface area (Å²) in [5, 5.41) is 0. The second kappa shape index (κ2) is 13.1. The third kappa shape index (κ3) is 7.80. The molecule has 0 saturated carbocycles. The molecule has 0 bridgehead atoms. The minimum absolute atomic E-state index is 0.0873. The molecule has 4 nitrogen and oxygen atoms in total. The van der Waals surface area contributed by atoms with E-state index in [0.29, 0.717) is 24.3 Å². The Hall–Kier alpha value is -3.64. The Balaban J connectivity index is 1.37. The molecule has 1 heterocycles. The Kier molecular flexibility index (Phi) is 9.78. The van der Waals surface area contributed by atoms with Crippen LogP contribution in [-0.2, 0) is 28.4 Å². The normalized spacial score (nSPS) is 17.9. The zero-order chi connectivity index (χ0) is 30.5. The zero-order valence-electron chi connectivity index (χ0n) is 22.2. The van der Waals surface area contributed by atoms with Gasteiger partial charge in [-0.2, -0.15) is 22.0 Å². The number of ether oxygens (including phenoxy) is 4. The van der Waals surface area contributed by atoms with Crippen LogP contribution in [0.15, 0.2) is 66.7 Å². The molecular formula is C30H26F8O4. The van der Waals surface area contributed by atoms with Crippen LogP contribution in [0, 0.1) is 23.4 Å². The number of allylic oxidation sites excluding steroid dienone is 2. The summed E-state index contributed by atoms with van der Waals surface area (Å²) < 4.78 is 132. The lowest BCUT2D eigenvalue weighted by Gasteiger charge is -2.30. The van der Waals surface area contributed by atoms with Crippen molar-refractivity contribution >= 4 is 0 Å². The molecule has 3 aromatic carbocycles. The number of hydrogen-bond donors (Lipinski definition) is 0. The van der Waals surface area contributed by atoms with Crippen LogP contribution in [0.5, 0.6) is 11.5 Å². The van der Waals surface area contributed by atoms with Crippen molar-refractivity contribution < 1.29 is 54.1 Å². The Morgan fingerprint density at radius 3 is 2.02 bits per heavy atom. The predicted octanol–water partition coefficient (Wildman–Crippen LogP) is 8.85. The first kappa shape index (κ1) is 31.3. The van der Waals surface area contributed by atoms with Crippen molar-refractivity contribution in [1.29, 1.82) is 0 Å². The van der Waals surface area contributed by atoms with Gasteiger partial charge < -0.3 is 18.9 Å². The van der Waals surface area contributed by atoms with Gasteiger partial charge in [-0.3, -0.25) is 0 Å². The van der Waals surface area contributed by atoms with Gasteiger partial charge in [0.1, 0.15) is 41.1 Å². The largest absolute Gasteiger partial charge is 0.489 e. The molecule has 0 unspecified atom stereocenters. The van der Waals surface area contributed by atoms with E-state index in [1.807, 2.05) is 19.1 Å². The maximum Gasteiger partial charge on any atom is 0.432 e. The smallest absolute Gasteiger partial charge is 0.432 e. The molecule has 0 aromatic heterocycles. The average molecular weight is 603 g/mol. The first-order valence-electron chi connectivity index (χ1n) is 12.9. The summed E-state index contributed by atoms with van der Waals surface area (Å²) in [6.07, 6.45) is -4.82. The van der Waals surface area contributed by atoms with Crippen molar-refractivity contribution in [3.05, 3.63) is 106 Å². The lowest BCUT2D eigenvalue weighted by molar-refractivity contribution is -0.206. The molecule has 0 N–H and O–H groups in total. The number of hydrogen-bond acceptors (Lipinski definition) is 4. The molecule has 0 spiro atoms. The second-order valence-corrected chi connectivity index (χ2v) is 9.56. The van der Waals surface area contributed by atoms with E-state index in [2.05, 4.69) is 4.74 Å². The molecule has 3 aromatic rings. The Bertz CT molecular complexity index is 1360. The van der Waals surface area contributed by atoms with Gasteiger partial charge in [-0.05, 0) is 73.9 Å². The van der Waals surface area contributed by atoms with Crippen molar-refractivity contribution in [2.75, 3.05) is 13.2 Å². The summed E-state index contributed by atoms with van der Waals surface area (Å²) in [6.45, 7) is 2.15. The van der Waals surface area contributed by atoms with Crippen LogP contribution in [-0.4, -0.2) is 13.2 Å². The molecule has 1 aliphatic rings. The van der Waals surface area contributed by atoms with Crippen LogP contribution in [0.1, 0.15) is 48.3 Å². The van der Waals surface area contributed by atoms with E-state index in [-0.39, 0.29) is 42.6 Å². The van der Waals surface area contributed by atoms with Crippen LogP contribution in [0.3, 0.4) is 0 Å². The summed E-state index contributed by atoms with van der Waals surface area (Å²) in [5.74, 6) is -4.86. The molecular weight excluding hydrogens is 576 g/mol. The fourth-order valence-electron chi connectivity index (χ4n) is 4.26. The van der Waals surface area contributed by atoms with E-state index in [4.69, 9.17) is 14.2 Å². The molecule has 0 aliphatic carbocycles. The summed E-state index contributed by atoms with van der Waals surface area (Å²) in [6, 6.07) is 8.16. The first-order valence-corrected chi connectivity index (χ1v) is 12.9. The quantitative estimate of drug-likeness (QED) is 0.172. The van der Waals surface area contributed by atoms with E-state index >= 15 is 0 Å². The average Bonchev–Trinajstić information content (AvgIpc) is 2.92. The van der Waals surface area contributed by atoms with Crippen molar-refractivity contribution in [3.63, 3.8) is 0 Å². The van der Waals surface area contributed by atoms with E-state index in [9.17, 15) is 35.1 Å². The fourth-order valence-corrected chi connectivity index (χ4v) is 4.26. The lowest BCUT2D eigenvalue weighted by atomic mass is 10.0. The van der Waals surface area contributed by atoms with Crippen molar-refractivity contribution in [1.82, 2.24) is 0 Å². The van der Waals surface area contributed by atoms with E-state index in [0.717, 1.165) is 31.0 Å². The van der Waals surface area contributed by atoms with Crippen LogP contribution in [0.4, 0.5) is 35.1 Å². The third-order valence-corrected chi connectivity index (χ3v) is 6.39. The van der Waals surface area contributed by atoms with Crippen LogP contribution in [0.25, 0.3) is 0 Å². The van der Waals surface area contributed by atoms with Gasteiger partial charge in [-0.1, -0.05) is 18.2 Å². The van der Waals surface area contributed by atoms with E-state index in [1.54, 1.807) is 0 Å². The zero-order valence-corrected chi connectivity index (χ0v) is 22.2. The molecule has 1 saturated heterocycles.